The molecule has 0 bridgehead atoms. The number of aryl methyl sites for hydroxylation is 1. The summed E-state index contributed by atoms with van der Waals surface area (Å²) in [6.07, 6.45) is 1.94. The maximum absolute atomic E-state index is 12.5. The van der Waals surface area contributed by atoms with Gasteiger partial charge in [-0.05, 0) is 30.2 Å². The van der Waals surface area contributed by atoms with Crippen molar-refractivity contribution in [1.29, 1.82) is 0 Å². The number of hydrazine groups is 1. The van der Waals surface area contributed by atoms with Gasteiger partial charge in [0.2, 0.25) is 0 Å². The molecule has 0 radical (unpaired) electrons. The second kappa shape index (κ2) is 7.85. The molecule has 1 heterocycles. The second-order valence-corrected chi connectivity index (χ2v) is 8.57. The Bertz CT molecular complexity index is 1130. The van der Waals surface area contributed by atoms with E-state index in [4.69, 9.17) is 4.42 Å². The molecule has 28 heavy (non-hydrogen) atoms. The molecule has 7 nitrogen and oxygen atoms in total. The normalized spacial score (nSPS) is 11.4. The lowest BCUT2D eigenvalue weighted by Gasteiger charge is -2.08. The number of furan rings is 1. The first-order chi connectivity index (χ1) is 13.3. The molecule has 0 aliphatic heterocycles. The van der Waals surface area contributed by atoms with Crippen molar-refractivity contribution in [3.05, 3.63) is 71.0 Å². The van der Waals surface area contributed by atoms with E-state index < -0.39 is 21.7 Å². The number of para-hydroxylation sites is 1. The standard InChI is InChI=1S/C20H20N2O5S/c1-3-13-8-10-14(11-9-13)19(23)21-22-20(24)18-16(12-28(2,25)26)15-6-4-5-7-17(15)27-18/h4-11H,3,12H2,1-2H3,(H,21,23)(H,22,24). The summed E-state index contributed by atoms with van der Waals surface area (Å²) in [4.78, 5) is 24.8. The number of hydrogen-bond donors (Lipinski definition) is 2. The molecule has 2 amide bonds. The van der Waals surface area contributed by atoms with Crippen molar-refractivity contribution >= 4 is 32.6 Å². The lowest BCUT2D eigenvalue weighted by Crippen LogP contribution is -2.41. The summed E-state index contributed by atoms with van der Waals surface area (Å²) in [5.74, 6) is -1.71. The van der Waals surface area contributed by atoms with Crippen molar-refractivity contribution in [2.24, 2.45) is 0 Å². The number of carbonyl (C=O) groups excluding carboxylic acids is 2. The van der Waals surface area contributed by atoms with Gasteiger partial charge in [0, 0.05) is 22.8 Å². The van der Waals surface area contributed by atoms with Gasteiger partial charge in [-0.15, -0.1) is 0 Å². The molecule has 8 heteroatoms. The van der Waals surface area contributed by atoms with Crippen LogP contribution in [0.15, 0.2) is 52.9 Å². The number of rotatable bonds is 5. The van der Waals surface area contributed by atoms with Crippen LogP contribution in [0.4, 0.5) is 0 Å². The van der Waals surface area contributed by atoms with E-state index >= 15 is 0 Å². The lowest BCUT2D eigenvalue weighted by molar-refractivity contribution is 0.0831. The quantitative estimate of drug-likeness (QED) is 0.641. The fourth-order valence-corrected chi connectivity index (χ4v) is 3.63. The first-order valence-corrected chi connectivity index (χ1v) is 10.7. The number of amides is 2. The van der Waals surface area contributed by atoms with Crippen LogP contribution in [-0.4, -0.2) is 26.5 Å². The zero-order chi connectivity index (χ0) is 20.3. The molecule has 0 atom stereocenters. The van der Waals surface area contributed by atoms with Crippen LogP contribution in [0.1, 0.15) is 39.0 Å². The molecule has 3 rings (SSSR count). The van der Waals surface area contributed by atoms with Gasteiger partial charge in [0.25, 0.3) is 5.91 Å². The third-order valence-electron chi connectivity index (χ3n) is 4.22. The van der Waals surface area contributed by atoms with Gasteiger partial charge in [-0.2, -0.15) is 0 Å². The summed E-state index contributed by atoms with van der Waals surface area (Å²) >= 11 is 0. The monoisotopic (exact) mass is 400 g/mol. The number of nitrogens with one attached hydrogen (secondary N) is 2. The van der Waals surface area contributed by atoms with E-state index in [1.54, 1.807) is 36.4 Å². The summed E-state index contributed by atoms with van der Waals surface area (Å²) in [6, 6.07) is 13.8. The van der Waals surface area contributed by atoms with Crippen molar-refractivity contribution in [2.45, 2.75) is 19.1 Å². The average molecular weight is 400 g/mol. The van der Waals surface area contributed by atoms with Crippen molar-refractivity contribution < 1.29 is 22.4 Å². The molecular weight excluding hydrogens is 380 g/mol. The Balaban J connectivity index is 1.81. The fraction of sp³-hybridized carbons (Fsp3) is 0.200. The SMILES string of the molecule is CCc1ccc(C(=O)NNC(=O)c2oc3ccccc3c2CS(C)(=O)=O)cc1. The van der Waals surface area contributed by atoms with Crippen LogP contribution in [0.3, 0.4) is 0 Å². The molecule has 1 aromatic heterocycles. The summed E-state index contributed by atoms with van der Waals surface area (Å²) in [7, 11) is -3.40. The van der Waals surface area contributed by atoms with Crippen LogP contribution in [0.25, 0.3) is 11.0 Å². The number of sulfone groups is 1. The van der Waals surface area contributed by atoms with Gasteiger partial charge in [0.1, 0.15) is 5.58 Å². The van der Waals surface area contributed by atoms with Gasteiger partial charge < -0.3 is 4.42 Å². The van der Waals surface area contributed by atoms with Crippen LogP contribution < -0.4 is 10.9 Å². The van der Waals surface area contributed by atoms with Crippen molar-refractivity contribution in [3.8, 4) is 0 Å². The smallest absolute Gasteiger partial charge is 0.305 e. The number of fused-ring (bicyclic) bond motifs is 1. The highest BCUT2D eigenvalue weighted by Gasteiger charge is 2.23. The Hall–Kier alpha value is -3.13. The summed E-state index contributed by atoms with van der Waals surface area (Å²) in [6.45, 7) is 2.01. The maximum Gasteiger partial charge on any atom is 0.305 e. The lowest BCUT2D eigenvalue weighted by atomic mass is 10.1. The molecule has 0 saturated carbocycles. The molecule has 3 aromatic rings. The second-order valence-electron chi connectivity index (χ2n) is 6.43. The number of carbonyl (C=O) groups is 2. The molecule has 146 valence electrons. The zero-order valence-corrected chi connectivity index (χ0v) is 16.3. The molecule has 0 spiro atoms. The summed E-state index contributed by atoms with van der Waals surface area (Å²) in [5.41, 5.74) is 6.74. The minimum absolute atomic E-state index is 0.145. The predicted molar refractivity (Wildman–Crippen MR) is 106 cm³/mol. The molecule has 0 aliphatic rings. The molecule has 0 saturated heterocycles. The molecule has 0 aliphatic carbocycles. The van der Waals surface area contributed by atoms with Gasteiger partial charge in [0.15, 0.2) is 15.6 Å². The average Bonchev–Trinajstić information content (AvgIpc) is 3.03. The van der Waals surface area contributed by atoms with E-state index in [1.807, 2.05) is 19.1 Å². The largest absolute Gasteiger partial charge is 0.451 e. The molecule has 2 N–H and O–H groups in total. The third-order valence-corrected chi connectivity index (χ3v) is 5.04. The third kappa shape index (κ3) is 4.40. The Morgan fingerprint density at radius 2 is 1.61 bits per heavy atom. The highest BCUT2D eigenvalue weighted by molar-refractivity contribution is 7.89. The molecule has 0 unspecified atom stereocenters. The van der Waals surface area contributed by atoms with E-state index in [2.05, 4.69) is 10.9 Å². The van der Waals surface area contributed by atoms with Crippen LogP contribution in [-0.2, 0) is 22.0 Å². The summed E-state index contributed by atoms with van der Waals surface area (Å²) in [5, 5.41) is 0.541. The Morgan fingerprint density at radius 3 is 2.25 bits per heavy atom. The van der Waals surface area contributed by atoms with Gasteiger partial charge >= 0.3 is 5.91 Å². The highest BCUT2D eigenvalue weighted by atomic mass is 32.2. The number of benzene rings is 2. The molecule has 0 fully saturated rings. The van der Waals surface area contributed by atoms with Gasteiger partial charge in [-0.3, -0.25) is 20.4 Å². The number of hydrogen-bond acceptors (Lipinski definition) is 5. The van der Waals surface area contributed by atoms with E-state index in [0.717, 1.165) is 18.2 Å². The van der Waals surface area contributed by atoms with Gasteiger partial charge in [0.05, 0.1) is 5.75 Å². The van der Waals surface area contributed by atoms with Crippen LogP contribution in [0.2, 0.25) is 0 Å². The Labute approximate surface area is 162 Å². The predicted octanol–water partition coefficient (Wildman–Crippen LogP) is 2.61. The van der Waals surface area contributed by atoms with Crippen LogP contribution >= 0.6 is 0 Å². The summed E-state index contributed by atoms with van der Waals surface area (Å²) < 4.78 is 29.1. The van der Waals surface area contributed by atoms with Crippen molar-refractivity contribution in [2.75, 3.05) is 6.26 Å². The fourth-order valence-electron chi connectivity index (χ4n) is 2.82. The minimum atomic E-state index is -3.40. The van der Waals surface area contributed by atoms with Gasteiger partial charge in [-0.25, -0.2) is 8.42 Å². The Kier molecular flexibility index (Phi) is 5.51. The first-order valence-electron chi connectivity index (χ1n) is 8.66. The van der Waals surface area contributed by atoms with E-state index in [1.165, 1.54) is 0 Å². The maximum atomic E-state index is 12.5. The van der Waals surface area contributed by atoms with Crippen LogP contribution in [0, 0.1) is 0 Å². The van der Waals surface area contributed by atoms with Gasteiger partial charge in [-0.1, -0.05) is 37.3 Å². The van der Waals surface area contributed by atoms with E-state index in [-0.39, 0.29) is 17.1 Å². The zero-order valence-electron chi connectivity index (χ0n) is 15.5. The molecular formula is C20H20N2O5S. The van der Waals surface area contributed by atoms with E-state index in [0.29, 0.717) is 16.5 Å². The highest BCUT2D eigenvalue weighted by Crippen LogP contribution is 2.27. The molecule has 2 aromatic carbocycles. The van der Waals surface area contributed by atoms with Crippen LogP contribution in [0.5, 0.6) is 0 Å². The topological polar surface area (TPSA) is 105 Å². The van der Waals surface area contributed by atoms with E-state index in [9.17, 15) is 18.0 Å². The first kappa shape index (κ1) is 19.6. The Morgan fingerprint density at radius 1 is 0.964 bits per heavy atom. The van der Waals surface area contributed by atoms with Crippen molar-refractivity contribution in [1.82, 2.24) is 10.9 Å². The van der Waals surface area contributed by atoms with Crippen molar-refractivity contribution in [3.63, 3.8) is 0 Å². The minimum Gasteiger partial charge on any atom is -0.451 e.